The van der Waals surface area contributed by atoms with Crippen LogP contribution in [0.3, 0.4) is 0 Å². The van der Waals surface area contributed by atoms with Crippen LogP contribution in [0.1, 0.15) is 62.3 Å². The van der Waals surface area contributed by atoms with E-state index in [1.165, 1.54) is 62.3 Å². The first kappa shape index (κ1) is 62.2. The molecule has 6 nitrogen and oxygen atoms in total. The molecule has 0 aliphatic carbocycles. The van der Waals surface area contributed by atoms with Crippen LogP contribution in [0.5, 0.6) is 0 Å². The van der Waals surface area contributed by atoms with Gasteiger partial charge in [0.1, 0.15) is 0 Å². The van der Waals surface area contributed by atoms with Gasteiger partial charge in [-0.2, -0.15) is 92.2 Å². The molecule has 28 heteroatoms. The van der Waals surface area contributed by atoms with Crippen LogP contribution in [0.4, 0.5) is 92.2 Å². The molecule has 0 spiro atoms. The predicted molar refractivity (Wildman–Crippen MR) is 145 cm³/mol. The largest absolute Gasteiger partial charge is 3.00 e. The molecule has 0 unspecified atom stereocenters. The van der Waals surface area contributed by atoms with Crippen molar-refractivity contribution in [3.8, 4) is 0 Å². The van der Waals surface area contributed by atoms with Crippen molar-refractivity contribution in [1.82, 2.24) is 0 Å². The summed E-state index contributed by atoms with van der Waals surface area (Å²) in [5.41, 5.74) is -4.09. The van der Waals surface area contributed by atoms with Crippen LogP contribution in [0.25, 0.3) is 0 Å². The van der Waals surface area contributed by atoms with Crippen molar-refractivity contribution < 1.29 is 163 Å². The van der Waals surface area contributed by atoms with Gasteiger partial charge in [0.15, 0.2) is 0 Å². The van der Waals surface area contributed by atoms with E-state index in [4.69, 9.17) is 0 Å². The maximum Gasteiger partial charge on any atom is 3.00 e. The van der Waals surface area contributed by atoms with Gasteiger partial charge in [0.05, 0.1) is 0 Å². The van der Waals surface area contributed by atoms with E-state index in [0.29, 0.717) is 0 Å². The predicted octanol–water partition coefficient (Wildman–Crippen LogP) is 8.04. The molecule has 0 aromatic rings. The van der Waals surface area contributed by atoms with Crippen LogP contribution in [0.2, 0.25) is 0 Å². The first-order valence-corrected chi connectivity index (χ1v) is 14.4. The average molecular weight is 1030 g/mol. The first-order chi connectivity index (χ1) is 24.1. The topological polar surface area (TPSA) is 120 Å². The zero-order valence-corrected chi connectivity index (χ0v) is 33.8. The van der Waals surface area contributed by atoms with Gasteiger partial charge in [-0.3, -0.25) is 14.4 Å². The molecule has 337 valence electrons. The molecule has 0 aromatic heterocycles. The van der Waals surface area contributed by atoms with E-state index in [1.807, 2.05) is 0 Å². The molecule has 0 N–H and O–H groups in total. The number of carbonyl (C=O) groups excluding carboxylic acids is 3. The van der Waals surface area contributed by atoms with Gasteiger partial charge in [-0.1, -0.05) is 62.3 Å². The van der Waals surface area contributed by atoms with Crippen LogP contribution < -0.4 is 15.3 Å². The SMILES string of the molecule is CC(C)(C)C([O-])=CC(=O)C(F)(F)C(F)(F)C(F)(F)F.CC(C)(C)C([O-])=CC(=O)C(F)(F)C(F)(F)C(F)(F)F.CC(C)(C)C([O-])=CC(=O)C(F)(F)C(F)(F)C(F)(F)F.[Nd+3]. The number of halogens is 21. The summed E-state index contributed by atoms with van der Waals surface area (Å²) in [5, 5.41) is 33.5. The van der Waals surface area contributed by atoms with Crippen LogP contribution in [-0.4, -0.2) is 71.4 Å². The number of rotatable bonds is 9. The minimum absolute atomic E-state index is 0. The second-order valence-corrected chi connectivity index (χ2v) is 14.3. The van der Waals surface area contributed by atoms with Gasteiger partial charge < -0.3 is 15.3 Å². The van der Waals surface area contributed by atoms with Crippen molar-refractivity contribution in [3.05, 3.63) is 35.5 Å². The van der Waals surface area contributed by atoms with E-state index in [2.05, 4.69) is 0 Å². The minimum Gasteiger partial charge on any atom is -0.875 e. The van der Waals surface area contributed by atoms with Crippen molar-refractivity contribution in [2.45, 2.75) is 116 Å². The summed E-state index contributed by atoms with van der Waals surface area (Å²) in [6.07, 6.45) is -21.1. The molecule has 0 aliphatic rings. The Hall–Kier alpha value is -2.49. The third-order valence-corrected chi connectivity index (χ3v) is 6.18. The second-order valence-electron chi connectivity index (χ2n) is 14.3. The minimum atomic E-state index is -6.61. The molecule has 0 bridgehead atoms. The van der Waals surface area contributed by atoms with Crippen molar-refractivity contribution in [2.75, 3.05) is 0 Å². The van der Waals surface area contributed by atoms with Gasteiger partial charge in [-0.05, 0) is 34.5 Å². The Morgan fingerprint density at radius 1 is 0.328 bits per heavy atom. The van der Waals surface area contributed by atoms with Gasteiger partial charge in [0.25, 0.3) is 0 Å². The van der Waals surface area contributed by atoms with Gasteiger partial charge >= 0.3 is 94.9 Å². The van der Waals surface area contributed by atoms with E-state index < -0.39 is 123 Å². The molecule has 0 amide bonds. The molecule has 0 saturated carbocycles. The van der Waals surface area contributed by atoms with Gasteiger partial charge in [-0.25, -0.2) is 0 Å². The van der Waals surface area contributed by atoms with Gasteiger partial charge in [-0.15, -0.1) is 17.3 Å². The molecular weight excluding hydrogens is 1000 g/mol. The first-order valence-electron chi connectivity index (χ1n) is 14.4. The van der Waals surface area contributed by atoms with Crippen molar-refractivity contribution in [3.63, 3.8) is 0 Å². The fourth-order valence-corrected chi connectivity index (χ4v) is 2.28. The molecule has 0 fully saturated rings. The molecule has 0 rings (SSSR count). The Balaban J connectivity index is -0.000000374. The molecular formula is C30H30F21NdO6. The smallest absolute Gasteiger partial charge is 0.875 e. The van der Waals surface area contributed by atoms with Gasteiger partial charge in [0, 0.05) is 0 Å². The summed E-state index contributed by atoms with van der Waals surface area (Å²) in [7, 11) is 0. The number of carbonyl (C=O) groups is 3. The van der Waals surface area contributed by atoms with Crippen LogP contribution in [0.15, 0.2) is 35.5 Å². The summed E-state index contributed by atoms with van der Waals surface area (Å²) < 4.78 is 258. The van der Waals surface area contributed by atoms with E-state index in [0.717, 1.165) is 0 Å². The fourth-order valence-electron chi connectivity index (χ4n) is 2.28. The van der Waals surface area contributed by atoms with Crippen LogP contribution in [0, 0.1) is 57.1 Å². The molecule has 0 aliphatic heterocycles. The van der Waals surface area contributed by atoms with Crippen molar-refractivity contribution >= 4 is 17.3 Å². The van der Waals surface area contributed by atoms with E-state index >= 15 is 0 Å². The summed E-state index contributed by atoms with van der Waals surface area (Å²) in [6, 6.07) is 0. The summed E-state index contributed by atoms with van der Waals surface area (Å²) in [4.78, 5) is 32.4. The van der Waals surface area contributed by atoms with E-state index in [-0.39, 0.29) is 40.8 Å². The van der Waals surface area contributed by atoms with Crippen LogP contribution >= 0.6 is 0 Å². The summed E-state index contributed by atoms with van der Waals surface area (Å²) >= 11 is 0. The van der Waals surface area contributed by atoms with Crippen LogP contribution in [-0.2, 0) is 14.4 Å². The molecule has 0 atom stereocenters. The number of hydrogen-bond acceptors (Lipinski definition) is 6. The fraction of sp³-hybridized carbons (Fsp3) is 0.700. The molecule has 58 heavy (non-hydrogen) atoms. The number of ketones is 3. The number of allylic oxidation sites excluding steroid dienone is 6. The molecule has 0 saturated heterocycles. The van der Waals surface area contributed by atoms with Gasteiger partial charge in [0.2, 0.25) is 17.3 Å². The second kappa shape index (κ2) is 19.1. The normalized spacial score (nSPS) is 15.3. The maximum atomic E-state index is 12.8. The Morgan fingerprint density at radius 3 is 0.534 bits per heavy atom. The molecule has 1 radical (unpaired) electrons. The van der Waals surface area contributed by atoms with E-state index in [9.17, 15) is 122 Å². The standard InChI is InChI=1S/3C10H11F7O2.Nd/c3*1-7(2,3)5(18)4-6(19)8(11,12)9(13,14)10(15,16)17;/h3*4,18H,1-3H3;/q;;;+3/p-3. The molecule has 0 aromatic carbocycles. The van der Waals surface area contributed by atoms with Crippen molar-refractivity contribution in [2.24, 2.45) is 16.2 Å². The Morgan fingerprint density at radius 2 is 0.448 bits per heavy atom. The monoisotopic (exact) mass is 1030 g/mol. The zero-order valence-electron chi connectivity index (χ0n) is 30.6. The quantitative estimate of drug-likeness (QED) is 0.131. The van der Waals surface area contributed by atoms with Crippen molar-refractivity contribution in [1.29, 1.82) is 0 Å². The maximum absolute atomic E-state index is 12.8. The average Bonchev–Trinajstić information content (AvgIpc) is 2.93. The van der Waals surface area contributed by atoms with E-state index in [1.54, 1.807) is 0 Å². The Bertz CT molecular complexity index is 1350. The molecule has 0 heterocycles. The summed E-state index contributed by atoms with van der Waals surface area (Å²) in [5.74, 6) is -50.2. The number of alkyl halides is 21. The Labute approximate surface area is 347 Å². The summed E-state index contributed by atoms with van der Waals surface area (Å²) in [6.45, 7) is 10.6. The third-order valence-electron chi connectivity index (χ3n) is 6.18. The zero-order chi connectivity index (χ0) is 47.6. The number of hydrogen-bond donors (Lipinski definition) is 0. The third kappa shape index (κ3) is 14.9. The Kier molecular flexibility index (Phi) is 20.4.